The van der Waals surface area contributed by atoms with Gasteiger partial charge in [0.25, 0.3) is 0 Å². The van der Waals surface area contributed by atoms with E-state index in [-0.39, 0.29) is 31.0 Å². The van der Waals surface area contributed by atoms with E-state index in [2.05, 4.69) is 10.3 Å². The van der Waals surface area contributed by atoms with Gasteiger partial charge in [0, 0.05) is 12.7 Å². The SMILES string of the molecule is CC(C)(C)OC(=O)N1CC(O)(CNc2nccc(C#N)c2[N+](=O)[O-])C1. The molecule has 2 heterocycles. The van der Waals surface area contributed by atoms with Gasteiger partial charge in [0.15, 0.2) is 0 Å². The van der Waals surface area contributed by atoms with E-state index >= 15 is 0 Å². The fourth-order valence-electron chi connectivity index (χ4n) is 2.34. The maximum atomic E-state index is 11.9. The van der Waals surface area contributed by atoms with Crippen LogP contribution in [0.2, 0.25) is 0 Å². The summed E-state index contributed by atoms with van der Waals surface area (Å²) in [6.07, 6.45) is 0.735. The first-order chi connectivity index (χ1) is 11.5. The zero-order valence-corrected chi connectivity index (χ0v) is 14.1. The van der Waals surface area contributed by atoms with Crippen molar-refractivity contribution >= 4 is 17.6 Å². The highest BCUT2D eigenvalue weighted by atomic mass is 16.6. The van der Waals surface area contributed by atoms with Crippen molar-refractivity contribution in [2.45, 2.75) is 32.0 Å². The summed E-state index contributed by atoms with van der Waals surface area (Å²) >= 11 is 0. The van der Waals surface area contributed by atoms with E-state index in [1.807, 2.05) is 0 Å². The number of nitrogens with one attached hydrogen (secondary N) is 1. The highest BCUT2D eigenvalue weighted by Gasteiger charge is 2.45. The smallest absolute Gasteiger partial charge is 0.410 e. The van der Waals surface area contributed by atoms with Crippen LogP contribution in [-0.4, -0.2) is 56.8 Å². The molecule has 1 amide bonds. The summed E-state index contributed by atoms with van der Waals surface area (Å²) in [5, 5.41) is 33.1. The number of nitro groups is 1. The van der Waals surface area contributed by atoms with E-state index < -0.39 is 27.9 Å². The number of aromatic nitrogens is 1. The number of β-amino-alcohol motifs (C(OH)–C–C–N with tert-alkyl or cyclic N) is 1. The molecule has 0 unspecified atom stereocenters. The lowest BCUT2D eigenvalue weighted by molar-refractivity contribution is -0.384. The number of carbonyl (C=O) groups is 1. The van der Waals surface area contributed by atoms with Crippen LogP contribution in [0, 0.1) is 21.4 Å². The lowest BCUT2D eigenvalue weighted by Crippen LogP contribution is -2.66. The van der Waals surface area contributed by atoms with E-state index in [0.717, 1.165) is 0 Å². The molecule has 1 fully saturated rings. The van der Waals surface area contributed by atoms with Crippen LogP contribution >= 0.6 is 0 Å². The minimum absolute atomic E-state index is 0.0284. The third kappa shape index (κ3) is 4.33. The second kappa shape index (κ2) is 6.52. The van der Waals surface area contributed by atoms with Crippen LogP contribution in [0.3, 0.4) is 0 Å². The van der Waals surface area contributed by atoms with Crippen LogP contribution < -0.4 is 5.32 Å². The largest absolute Gasteiger partial charge is 0.444 e. The lowest BCUT2D eigenvalue weighted by Gasteiger charge is -2.46. The van der Waals surface area contributed by atoms with E-state index in [1.54, 1.807) is 26.8 Å². The quantitative estimate of drug-likeness (QED) is 0.611. The summed E-state index contributed by atoms with van der Waals surface area (Å²) in [7, 11) is 0. The van der Waals surface area contributed by atoms with E-state index in [4.69, 9.17) is 10.00 Å². The molecule has 25 heavy (non-hydrogen) atoms. The number of hydrogen-bond acceptors (Lipinski definition) is 8. The summed E-state index contributed by atoms with van der Waals surface area (Å²) in [4.78, 5) is 27.5. The first-order valence-electron chi connectivity index (χ1n) is 7.52. The minimum atomic E-state index is -1.25. The third-order valence-electron chi connectivity index (χ3n) is 3.43. The van der Waals surface area contributed by atoms with Crippen LogP contribution in [0.25, 0.3) is 0 Å². The number of ether oxygens (including phenoxy) is 1. The number of likely N-dealkylation sites (tertiary alicyclic amines) is 1. The summed E-state index contributed by atoms with van der Waals surface area (Å²) < 4.78 is 5.20. The van der Waals surface area contributed by atoms with Gasteiger partial charge in [-0.25, -0.2) is 9.78 Å². The van der Waals surface area contributed by atoms with Gasteiger partial charge in [0.2, 0.25) is 5.82 Å². The maximum absolute atomic E-state index is 11.9. The highest BCUT2D eigenvalue weighted by molar-refractivity contribution is 5.70. The Hall–Kier alpha value is -2.93. The van der Waals surface area contributed by atoms with Crippen molar-refractivity contribution in [1.82, 2.24) is 9.88 Å². The van der Waals surface area contributed by atoms with Crippen molar-refractivity contribution in [1.29, 1.82) is 5.26 Å². The second-order valence-corrected chi connectivity index (χ2v) is 6.84. The molecule has 134 valence electrons. The van der Waals surface area contributed by atoms with Gasteiger partial charge in [0.1, 0.15) is 22.8 Å². The summed E-state index contributed by atoms with van der Waals surface area (Å²) in [6.45, 7) is 5.22. The topological polar surface area (TPSA) is 142 Å². The standard InChI is InChI=1S/C15H19N5O5/c1-14(2,3)25-13(21)19-8-15(22,9-19)7-18-12-11(20(23)24)10(6-16)4-5-17-12/h4-5,22H,7-9H2,1-3H3,(H,17,18). The van der Waals surface area contributed by atoms with Gasteiger partial charge in [-0.15, -0.1) is 0 Å². The number of aliphatic hydroxyl groups is 1. The Kier molecular flexibility index (Phi) is 4.80. The molecule has 1 saturated heterocycles. The third-order valence-corrected chi connectivity index (χ3v) is 3.43. The summed E-state index contributed by atoms with van der Waals surface area (Å²) in [5.74, 6) is -0.104. The molecule has 1 aromatic rings. The van der Waals surface area contributed by atoms with Crippen LogP contribution in [0.1, 0.15) is 26.3 Å². The highest BCUT2D eigenvalue weighted by Crippen LogP contribution is 2.28. The van der Waals surface area contributed by atoms with Crippen LogP contribution in [0.15, 0.2) is 12.3 Å². The number of nitriles is 1. The van der Waals surface area contributed by atoms with E-state index in [1.165, 1.54) is 17.2 Å². The molecule has 0 bridgehead atoms. The molecule has 10 nitrogen and oxygen atoms in total. The predicted octanol–water partition coefficient (Wildman–Crippen LogP) is 1.26. The second-order valence-electron chi connectivity index (χ2n) is 6.84. The van der Waals surface area contributed by atoms with Crippen molar-refractivity contribution in [2.75, 3.05) is 25.0 Å². The fourth-order valence-corrected chi connectivity index (χ4v) is 2.34. The monoisotopic (exact) mass is 349 g/mol. The van der Waals surface area contributed by atoms with Crippen LogP contribution in [0.5, 0.6) is 0 Å². The van der Waals surface area contributed by atoms with Crippen LogP contribution in [-0.2, 0) is 4.74 Å². The Balaban J connectivity index is 1.99. The summed E-state index contributed by atoms with van der Waals surface area (Å²) in [5.41, 5.74) is -2.46. The van der Waals surface area contributed by atoms with Crippen molar-refractivity contribution in [3.63, 3.8) is 0 Å². The summed E-state index contributed by atoms with van der Waals surface area (Å²) in [6, 6.07) is 2.97. The van der Waals surface area contributed by atoms with Crippen molar-refractivity contribution in [2.24, 2.45) is 0 Å². The number of anilines is 1. The molecule has 0 aromatic carbocycles. The van der Waals surface area contributed by atoms with Crippen molar-refractivity contribution in [3.8, 4) is 6.07 Å². The molecular weight excluding hydrogens is 330 g/mol. The average molecular weight is 349 g/mol. The molecule has 10 heteroatoms. The van der Waals surface area contributed by atoms with Gasteiger partial charge >= 0.3 is 11.8 Å². The van der Waals surface area contributed by atoms with Gasteiger partial charge < -0.3 is 20.1 Å². The Morgan fingerprint density at radius 2 is 2.24 bits per heavy atom. The predicted molar refractivity (Wildman–Crippen MR) is 86.9 cm³/mol. The van der Waals surface area contributed by atoms with E-state index in [9.17, 15) is 20.0 Å². The molecule has 2 N–H and O–H groups in total. The number of amides is 1. The molecule has 0 atom stereocenters. The molecular formula is C15H19N5O5. The molecule has 2 rings (SSSR count). The lowest BCUT2D eigenvalue weighted by atomic mass is 9.94. The zero-order chi connectivity index (χ0) is 18.8. The first-order valence-corrected chi connectivity index (χ1v) is 7.52. The number of nitrogens with zero attached hydrogens (tertiary/aromatic N) is 4. The number of rotatable bonds is 4. The fraction of sp³-hybridized carbons (Fsp3) is 0.533. The normalized spacial score (nSPS) is 15.7. The Labute approximate surface area is 144 Å². The molecule has 0 aliphatic carbocycles. The zero-order valence-electron chi connectivity index (χ0n) is 14.1. The molecule has 1 aliphatic rings. The molecule has 1 aromatic heterocycles. The average Bonchev–Trinajstić information content (AvgIpc) is 2.47. The Bertz CT molecular complexity index is 731. The molecule has 0 radical (unpaired) electrons. The van der Waals surface area contributed by atoms with Crippen LogP contribution in [0.4, 0.5) is 16.3 Å². The Morgan fingerprint density at radius 3 is 2.76 bits per heavy atom. The molecule has 1 aliphatic heterocycles. The maximum Gasteiger partial charge on any atom is 0.410 e. The number of pyridine rings is 1. The van der Waals surface area contributed by atoms with Crippen molar-refractivity contribution in [3.05, 3.63) is 27.9 Å². The van der Waals surface area contributed by atoms with E-state index in [0.29, 0.717) is 0 Å². The van der Waals surface area contributed by atoms with Crippen molar-refractivity contribution < 1.29 is 19.6 Å². The van der Waals surface area contributed by atoms with Gasteiger partial charge in [-0.05, 0) is 26.8 Å². The first kappa shape index (κ1) is 18.4. The number of carbonyl (C=O) groups excluding carboxylic acids is 1. The van der Waals surface area contributed by atoms with Gasteiger partial charge in [-0.1, -0.05) is 0 Å². The number of hydrogen-bond donors (Lipinski definition) is 2. The van der Waals surface area contributed by atoms with Gasteiger partial charge in [-0.2, -0.15) is 5.26 Å². The minimum Gasteiger partial charge on any atom is -0.444 e. The van der Waals surface area contributed by atoms with Gasteiger partial charge in [0.05, 0.1) is 18.0 Å². The molecule has 0 spiro atoms. The van der Waals surface area contributed by atoms with Gasteiger partial charge in [-0.3, -0.25) is 10.1 Å². The Morgan fingerprint density at radius 1 is 1.60 bits per heavy atom. The molecule has 0 saturated carbocycles.